The second-order valence-electron chi connectivity index (χ2n) is 3.01. The van der Waals surface area contributed by atoms with Crippen molar-refractivity contribution in [1.82, 2.24) is 10.3 Å². The van der Waals surface area contributed by atoms with Gasteiger partial charge >= 0.3 is 5.97 Å². The van der Waals surface area contributed by atoms with E-state index in [1.807, 2.05) is 0 Å². The van der Waals surface area contributed by atoms with Gasteiger partial charge in [-0.05, 0) is 19.1 Å². The molecule has 1 aromatic heterocycles. The Morgan fingerprint density at radius 2 is 2.25 bits per heavy atom. The normalized spacial score (nSPS) is 9.56. The van der Waals surface area contributed by atoms with Crippen LogP contribution in [-0.4, -0.2) is 35.1 Å². The second-order valence-corrected chi connectivity index (χ2v) is 3.01. The van der Waals surface area contributed by atoms with E-state index >= 15 is 0 Å². The first-order valence-corrected chi connectivity index (χ1v) is 4.84. The summed E-state index contributed by atoms with van der Waals surface area (Å²) >= 11 is 0. The molecule has 0 spiro atoms. The lowest BCUT2D eigenvalue weighted by Gasteiger charge is -2.07. The minimum absolute atomic E-state index is 0.00509. The van der Waals surface area contributed by atoms with Crippen LogP contribution in [0.3, 0.4) is 0 Å². The summed E-state index contributed by atoms with van der Waals surface area (Å²) in [5.41, 5.74) is 0.0480. The first-order chi connectivity index (χ1) is 7.65. The average Bonchev–Trinajstić information content (AvgIpc) is 2.27. The van der Waals surface area contributed by atoms with Crippen molar-refractivity contribution < 1.29 is 14.7 Å². The molecule has 1 heterocycles. The Morgan fingerprint density at radius 3 is 2.88 bits per heavy atom. The molecular weight excluding hydrogens is 210 g/mol. The van der Waals surface area contributed by atoms with Crippen LogP contribution in [-0.2, 0) is 4.79 Å². The number of aromatic nitrogens is 1. The van der Waals surface area contributed by atoms with E-state index in [0.29, 0.717) is 6.54 Å². The van der Waals surface area contributed by atoms with Gasteiger partial charge in [-0.2, -0.15) is 0 Å². The first kappa shape index (κ1) is 12.0. The first-order valence-electron chi connectivity index (χ1n) is 4.84. The van der Waals surface area contributed by atoms with E-state index in [-0.39, 0.29) is 23.8 Å². The van der Waals surface area contributed by atoms with Gasteiger partial charge in [0.25, 0.3) is 0 Å². The topological polar surface area (TPSA) is 91.3 Å². The molecule has 6 nitrogen and oxygen atoms in total. The predicted molar refractivity (Wildman–Crippen MR) is 58.4 cm³/mol. The second kappa shape index (κ2) is 5.69. The molecular formula is C10H13N3O3. The van der Waals surface area contributed by atoms with E-state index in [2.05, 4.69) is 15.6 Å². The SMILES string of the molecule is CCNC(=O)CNc1ncccc1C(=O)O. The molecule has 0 radical (unpaired) electrons. The van der Waals surface area contributed by atoms with Crippen LogP contribution in [0.2, 0.25) is 0 Å². The van der Waals surface area contributed by atoms with Crippen LogP contribution in [0, 0.1) is 0 Å². The number of anilines is 1. The van der Waals surface area contributed by atoms with Crippen LogP contribution >= 0.6 is 0 Å². The van der Waals surface area contributed by atoms with Crippen molar-refractivity contribution in [3.05, 3.63) is 23.9 Å². The smallest absolute Gasteiger partial charge is 0.339 e. The summed E-state index contributed by atoms with van der Waals surface area (Å²) in [6, 6.07) is 2.95. The highest BCUT2D eigenvalue weighted by molar-refractivity contribution is 5.93. The van der Waals surface area contributed by atoms with Gasteiger partial charge in [0.1, 0.15) is 11.4 Å². The molecule has 0 saturated heterocycles. The zero-order chi connectivity index (χ0) is 12.0. The summed E-state index contributed by atoms with van der Waals surface area (Å²) in [5, 5.41) is 14.1. The molecule has 1 aromatic rings. The molecule has 0 unspecified atom stereocenters. The van der Waals surface area contributed by atoms with Crippen molar-refractivity contribution in [3.8, 4) is 0 Å². The molecule has 0 aromatic carbocycles. The average molecular weight is 223 g/mol. The molecule has 86 valence electrons. The van der Waals surface area contributed by atoms with Crippen LogP contribution in [0.25, 0.3) is 0 Å². The summed E-state index contributed by atoms with van der Waals surface area (Å²) in [7, 11) is 0. The molecule has 0 atom stereocenters. The molecule has 0 aliphatic carbocycles. The molecule has 0 aliphatic heterocycles. The van der Waals surface area contributed by atoms with Gasteiger partial charge in [0.2, 0.25) is 5.91 Å². The van der Waals surface area contributed by atoms with Crippen molar-refractivity contribution in [2.75, 3.05) is 18.4 Å². The number of pyridine rings is 1. The number of rotatable bonds is 5. The largest absolute Gasteiger partial charge is 0.478 e. The van der Waals surface area contributed by atoms with Crippen LogP contribution in [0.1, 0.15) is 17.3 Å². The molecule has 1 amide bonds. The van der Waals surface area contributed by atoms with E-state index in [9.17, 15) is 9.59 Å². The Kier molecular flexibility index (Phi) is 4.26. The Bertz CT molecular complexity index is 393. The van der Waals surface area contributed by atoms with Gasteiger partial charge in [0.05, 0.1) is 6.54 Å². The number of nitrogens with zero attached hydrogens (tertiary/aromatic N) is 1. The van der Waals surface area contributed by atoms with E-state index < -0.39 is 5.97 Å². The van der Waals surface area contributed by atoms with Gasteiger partial charge in [-0.25, -0.2) is 9.78 Å². The van der Waals surface area contributed by atoms with Crippen molar-refractivity contribution in [1.29, 1.82) is 0 Å². The standard InChI is InChI=1S/C10H13N3O3/c1-2-11-8(14)6-13-9-7(10(15)16)4-3-5-12-9/h3-5H,2,6H2,1H3,(H,11,14)(H,12,13)(H,15,16). The molecule has 0 aliphatic rings. The molecule has 0 saturated carbocycles. The third-order valence-electron chi connectivity index (χ3n) is 1.83. The van der Waals surface area contributed by atoms with Gasteiger partial charge < -0.3 is 15.7 Å². The number of carbonyl (C=O) groups is 2. The predicted octanol–water partition coefficient (Wildman–Crippen LogP) is 0.328. The van der Waals surface area contributed by atoms with Crippen LogP contribution < -0.4 is 10.6 Å². The summed E-state index contributed by atoms with van der Waals surface area (Å²) in [6.07, 6.45) is 1.46. The Balaban J connectivity index is 2.66. The maximum Gasteiger partial charge on any atom is 0.339 e. The number of amides is 1. The molecule has 6 heteroatoms. The summed E-state index contributed by atoms with van der Waals surface area (Å²) < 4.78 is 0. The van der Waals surface area contributed by atoms with E-state index in [0.717, 1.165) is 0 Å². The fourth-order valence-corrected chi connectivity index (χ4v) is 1.14. The van der Waals surface area contributed by atoms with Gasteiger partial charge in [0.15, 0.2) is 0 Å². The minimum Gasteiger partial charge on any atom is -0.478 e. The molecule has 3 N–H and O–H groups in total. The number of carbonyl (C=O) groups excluding carboxylic acids is 1. The van der Waals surface area contributed by atoms with Gasteiger partial charge in [-0.1, -0.05) is 0 Å². The van der Waals surface area contributed by atoms with Crippen LogP contribution in [0.15, 0.2) is 18.3 Å². The van der Waals surface area contributed by atoms with Gasteiger partial charge in [0, 0.05) is 12.7 Å². The summed E-state index contributed by atoms with van der Waals surface area (Å²) in [5.74, 6) is -1.09. The number of hydrogen-bond donors (Lipinski definition) is 3. The highest BCUT2D eigenvalue weighted by Gasteiger charge is 2.10. The quantitative estimate of drug-likeness (QED) is 0.669. The number of hydrogen-bond acceptors (Lipinski definition) is 4. The van der Waals surface area contributed by atoms with Gasteiger partial charge in [-0.15, -0.1) is 0 Å². The van der Waals surface area contributed by atoms with Crippen molar-refractivity contribution in [3.63, 3.8) is 0 Å². The number of carboxylic acid groups (broad SMARTS) is 1. The van der Waals surface area contributed by atoms with Crippen molar-refractivity contribution in [2.24, 2.45) is 0 Å². The van der Waals surface area contributed by atoms with E-state index in [4.69, 9.17) is 5.11 Å². The number of aromatic carboxylic acids is 1. The summed E-state index contributed by atoms with van der Waals surface area (Å²) in [4.78, 5) is 25.8. The molecule has 0 bridgehead atoms. The fraction of sp³-hybridized carbons (Fsp3) is 0.300. The molecule has 0 fully saturated rings. The fourth-order valence-electron chi connectivity index (χ4n) is 1.14. The summed E-state index contributed by atoms with van der Waals surface area (Å²) in [6.45, 7) is 2.35. The Hall–Kier alpha value is -2.11. The van der Waals surface area contributed by atoms with Crippen molar-refractivity contribution >= 4 is 17.7 Å². The maximum absolute atomic E-state index is 11.1. The lowest BCUT2D eigenvalue weighted by Crippen LogP contribution is -2.30. The van der Waals surface area contributed by atoms with Crippen molar-refractivity contribution in [2.45, 2.75) is 6.92 Å². The highest BCUT2D eigenvalue weighted by Crippen LogP contribution is 2.10. The number of carboxylic acids is 1. The number of likely N-dealkylation sites (N-methyl/N-ethyl adjacent to an activating group) is 1. The lowest BCUT2D eigenvalue weighted by molar-refractivity contribution is -0.119. The van der Waals surface area contributed by atoms with Gasteiger partial charge in [-0.3, -0.25) is 4.79 Å². The third kappa shape index (κ3) is 3.23. The Morgan fingerprint density at radius 1 is 1.50 bits per heavy atom. The van der Waals surface area contributed by atoms with Crippen LogP contribution in [0.4, 0.5) is 5.82 Å². The monoisotopic (exact) mass is 223 g/mol. The molecule has 1 rings (SSSR count). The zero-order valence-corrected chi connectivity index (χ0v) is 8.86. The molecule has 16 heavy (non-hydrogen) atoms. The van der Waals surface area contributed by atoms with E-state index in [1.165, 1.54) is 18.3 Å². The maximum atomic E-state index is 11.1. The lowest BCUT2D eigenvalue weighted by atomic mass is 10.2. The Labute approximate surface area is 92.7 Å². The number of nitrogens with one attached hydrogen (secondary N) is 2. The zero-order valence-electron chi connectivity index (χ0n) is 8.86. The third-order valence-corrected chi connectivity index (χ3v) is 1.83. The van der Waals surface area contributed by atoms with Crippen LogP contribution in [0.5, 0.6) is 0 Å². The minimum atomic E-state index is -1.08. The highest BCUT2D eigenvalue weighted by atomic mass is 16.4. The van der Waals surface area contributed by atoms with E-state index in [1.54, 1.807) is 6.92 Å².